The standard InChI is InChI=1S/C14H15Cl2NS/c15-13-4-2-11(8-14(13)16)7-12(17)3-1-10-5-6-18-9-10/h2,4-6,8-9,12H,1,3,7,17H2. The molecule has 96 valence electrons. The first-order chi connectivity index (χ1) is 8.65. The Labute approximate surface area is 122 Å². The van der Waals surface area contributed by atoms with Gasteiger partial charge < -0.3 is 5.73 Å². The molecule has 0 saturated heterocycles. The Morgan fingerprint density at radius 3 is 2.61 bits per heavy atom. The van der Waals surface area contributed by atoms with Crippen LogP contribution in [0.15, 0.2) is 35.0 Å². The number of thiophene rings is 1. The van der Waals surface area contributed by atoms with Crippen molar-refractivity contribution in [3.63, 3.8) is 0 Å². The number of hydrogen-bond donors (Lipinski definition) is 1. The maximum atomic E-state index is 6.14. The zero-order valence-electron chi connectivity index (χ0n) is 9.90. The highest BCUT2D eigenvalue weighted by molar-refractivity contribution is 7.07. The second-order valence-corrected chi connectivity index (χ2v) is 5.98. The summed E-state index contributed by atoms with van der Waals surface area (Å²) in [6, 6.07) is 8.01. The van der Waals surface area contributed by atoms with Gasteiger partial charge in [-0.1, -0.05) is 29.3 Å². The van der Waals surface area contributed by atoms with E-state index in [0.717, 1.165) is 24.8 Å². The number of hydrogen-bond acceptors (Lipinski definition) is 2. The number of nitrogens with two attached hydrogens (primary N) is 1. The Morgan fingerprint density at radius 1 is 1.11 bits per heavy atom. The van der Waals surface area contributed by atoms with E-state index >= 15 is 0 Å². The third kappa shape index (κ3) is 3.99. The maximum Gasteiger partial charge on any atom is 0.0595 e. The van der Waals surface area contributed by atoms with Gasteiger partial charge >= 0.3 is 0 Å². The zero-order chi connectivity index (χ0) is 13.0. The van der Waals surface area contributed by atoms with Gasteiger partial charge in [-0.3, -0.25) is 0 Å². The summed E-state index contributed by atoms with van der Waals surface area (Å²) in [5, 5.41) is 5.46. The molecule has 1 unspecified atom stereocenters. The molecule has 1 nitrogen and oxygen atoms in total. The fraction of sp³-hybridized carbons (Fsp3) is 0.286. The van der Waals surface area contributed by atoms with Crippen LogP contribution >= 0.6 is 34.5 Å². The number of halogens is 2. The monoisotopic (exact) mass is 299 g/mol. The lowest BCUT2D eigenvalue weighted by Crippen LogP contribution is -2.23. The van der Waals surface area contributed by atoms with E-state index in [9.17, 15) is 0 Å². The Morgan fingerprint density at radius 2 is 1.94 bits per heavy atom. The van der Waals surface area contributed by atoms with Crippen molar-refractivity contribution >= 4 is 34.5 Å². The van der Waals surface area contributed by atoms with Crippen molar-refractivity contribution in [2.24, 2.45) is 5.73 Å². The first kappa shape index (κ1) is 13.9. The summed E-state index contributed by atoms with van der Waals surface area (Å²) in [7, 11) is 0. The van der Waals surface area contributed by atoms with Crippen molar-refractivity contribution in [3.05, 3.63) is 56.2 Å². The predicted octanol–water partition coefficient (Wildman–Crippen LogP) is 4.56. The van der Waals surface area contributed by atoms with Gasteiger partial charge in [-0.05, 0) is 59.3 Å². The van der Waals surface area contributed by atoms with Crippen LogP contribution in [-0.4, -0.2) is 6.04 Å². The van der Waals surface area contributed by atoms with Crippen molar-refractivity contribution in [3.8, 4) is 0 Å². The van der Waals surface area contributed by atoms with Crippen LogP contribution in [0.1, 0.15) is 17.5 Å². The Kier molecular flexibility index (Phi) is 5.07. The number of rotatable bonds is 5. The molecule has 2 N–H and O–H groups in total. The molecule has 1 aromatic heterocycles. The molecule has 1 heterocycles. The van der Waals surface area contributed by atoms with E-state index in [0.29, 0.717) is 10.0 Å². The summed E-state index contributed by atoms with van der Waals surface area (Å²) < 4.78 is 0. The molecule has 0 saturated carbocycles. The van der Waals surface area contributed by atoms with Gasteiger partial charge in [0.15, 0.2) is 0 Å². The molecule has 0 amide bonds. The van der Waals surface area contributed by atoms with Crippen LogP contribution in [0.25, 0.3) is 0 Å². The number of benzene rings is 1. The van der Waals surface area contributed by atoms with Crippen molar-refractivity contribution in [2.45, 2.75) is 25.3 Å². The second kappa shape index (κ2) is 6.58. The van der Waals surface area contributed by atoms with E-state index in [4.69, 9.17) is 28.9 Å². The third-order valence-corrected chi connectivity index (χ3v) is 4.34. The van der Waals surface area contributed by atoms with Gasteiger partial charge in [-0.25, -0.2) is 0 Å². The zero-order valence-corrected chi connectivity index (χ0v) is 12.2. The van der Waals surface area contributed by atoms with Crippen molar-refractivity contribution in [1.29, 1.82) is 0 Å². The van der Waals surface area contributed by atoms with E-state index < -0.39 is 0 Å². The van der Waals surface area contributed by atoms with Crippen LogP contribution in [0, 0.1) is 0 Å². The molecule has 0 spiro atoms. The average molecular weight is 300 g/mol. The smallest absolute Gasteiger partial charge is 0.0595 e. The van der Waals surface area contributed by atoms with Crippen molar-refractivity contribution in [1.82, 2.24) is 0 Å². The fourth-order valence-electron chi connectivity index (χ4n) is 1.86. The lowest BCUT2D eigenvalue weighted by Gasteiger charge is -2.11. The van der Waals surface area contributed by atoms with Gasteiger partial charge in [0.2, 0.25) is 0 Å². The lowest BCUT2D eigenvalue weighted by molar-refractivity contribution is 0.611. The topological polar surface area (TPSA) is 26.0 Å². The molecular formula is C14H15Cl2NS. The van der Waals surface area contributed by atoms with E-state index in [2.05, 4.69) is 16.8 Å². The molecule has 0 fully saturated rings. The minimum absolute atomic E-state index is 0.155. The summed E-state index contributed by atoms with van der Waals surface area (Å²) >= 11 is 13.6. The van der Waals surface area contributed by atoms with Crippen LogP contribution < -0.4 is 5.73 Å². The van der Waals surface area contributed by atoms with Gasteiger partial charge in [0.1, 0.15) is 0 Å². The minimum atomic E-state index is 0.155. The number of aryl methyl sites for hydroxylation is 1. The highest BCUT2D eigenvalue weighted by Gasteiger charge is 2.07. The molecule has 1 atom stereocenters. The SMILES string of the molecule is NC(CCc1ccsc1)Cc1ccc(Cl)c(Cl)c1. The highest BCUT2D eigenvalue weighted by atomic mass is 35.5. The molecule has 0 bridgehead atoms. The summed E-state index contributed by atoms with van der Waals surface area (Å²) in [4.78, 5) is 0. The van der Waals surface area contributed by atoms with Gasteiger partial charge in [0.25, 0.3) is 0 Å². The van der Waals surface area contributed by atoms with Crippen molar-refractivity contribution in [2.75, 3.05) is 0 Å². The second-order valence-electron chi connectivity index (χ2n) is 4.38. The Bertz CT molecular complexity index is 497. The maximum absolute atomic E-state index is 6.14. The molecular weight excluding hydrogens is 285 g/mol. The molecule has 1 aromatic carbocycles. The molecule has 0 aliphatic heterocycles. The first-order valence-corrected chi connectivity index (χ1v) is 7.55. The normalized spacial score (nSPS) is 12.6. The molecule has 0 aliphatic rings. The largest absolute Gasteiger partial charge is 0.327 e. The molecule has 2 aromatic rings. The summed E-state index contributed by atoms with van der Waals surface area (Å²) in [6.45, 7) is 0. The Balaban J connectivity index is 1.86. The first-order valence-electron chi connectivity index (χ1n) is 5.86. The molecule has 0 radical (unpaired) electrons. The third-order valence-electron chi connectivity index (χ3n) is 2.87. The van der Waals surface area contributed by atoms with Gasteiger partial charge in [0.05, 0.1) is 10.0 Å². The Hall–Kier alpha value is -0.540. The van der Waals surface area contributed by atoms with E-state index in [-0.39, 0.29) is 6.04 Å². The molecule has 4 heteroatoms. The molecule has 18 heavy (non-hydrogen) atoms. The van der Waals surface area contributed by atoms with Gasteiger partial charge in [-0.2, -0.15) is 11.3 Å². The average Bonchev–Trinajstić information content (AvgIpc) is 2.84. The summed E-state index contributed by atoms with van der Waals surface area (Å²) in [6.07, 6.45) is 2.85. The quantitative estimate of drug-likeness (QED) is 0.861. The molecule has 2 rings (SSSR count). The van der Waals surface area contributed by atoms with E-state index in [1.54, 1.807) is 11.3 Å². The highest BCUT2D eigenvalue weighted by Crippen LogP contribution is 2.23. The van der Waals surface area contributed by atoms with E-state index in [1.807, 2.05) is 18.2 Å². The van der Waals surface area contributed by atoms with Crippen LogP contribution in [0.5, 0.6) is 0 Å². The van der Waals surface area contributed by atoms with Crippen LogP contribution in [0.3, 0.4) is 0 Å². The van der Waals surface area contributed by atoms with E-state index in [1.165, 1.54) is 5.56 Å². The minimum Gasteiger partial charge on any atom is -0.327 e. The summed E-state index contributed by atoms with van der Waals surface area (Å²) in [5.41, 5.74) is 8.64. The fourth-order valence-corrected chi connectivity index (χ4v) is 2.88. The van der Waals surface area contributed by atoms with Gasteiger partial charge in [-0.15, -0.1) is 0 Å². The van der Waals surface area contributed by atoms with Crippen molar-refractivity contribution < 1.29 is 0 Å². The lowest BCUT2D eigenvalue weighted by atomic mass is 10.0. The van der Waals surface area contributed by atoms with Gasteiger partial charge in [0, 0.05) is 6.04 Å². The summed E-state index contributed by atoms with van der Waals surface area (Å²) in [5.74, 6) is 0. The molecule has 0 aliphatic carbocycles. The predicted molar refractivity (Wildman–Crippen MR) is 80.8 cm³/mol. The van der Waals surface area contributed by atoms with Crippen LogP contribution in [-0.2, 0) is 12.8 Å². The van der Waals surface area contributed by atoms with Crippen LogP contribution in [0.2, 0.25) is 10.0 Å². The van der Waals surface area contributed by atoms with Crippen LogP contribution in [0.4, 0.5) is 0 Å².